The van der Waals surface area contributed by atoms with Crippen molar-refractivity contribution in [2.75, 3.05) is 19.4 Å². The summed E-state index contributed by atoms with van der Waals surface area (Å²) in [5.74, 6) is 1.68. The zero-order valence-corrected chi connectivity index (χ0v) is 12.8. The largest absolute Gasteiger partial charge is 0.382 e. The predicted octanol–water partition coefficient (Wildman–Crippen LogP) is 3.98. The Labute approximate surface area is 118 Å². The molecule has 0 heterocycles. The van der Waals surface area contributed by atoms with Crippen LogP contribution in [0.4, 0.5) is 5.69 Å². The summed E-state index contributed by atoms with van der Waals surface area (Å²) in [6.07, 6.45) is 4.03. The van der Waals surface area contributed by atoms with Gasteiger partial charge in [0.15, 0.2) is 0 Å². The Balaban J connectivity index is 1.92. The highest BCUT2D eigenvalue weighted by Gasteiger charge is 2.24. The molecule has 106 valence electrons. The lowest BCUT2D eigenvalue weighted by Crippen LogP contribution is -2.32. The van der Waals surface area contributed by atoms with Crippen molar-refractivity contribution in [2.45, 2.75) is 45.7 Å². The molecule has 1 aromatic rings. The maximum atomic E-state index is 3.72. The van der Waals surface area contributed by atoms with Crippen LogP contribution in [-0.4, -0.2) is 25.0 Å². The van der Waals surface area contributed by atoms with Crippen LogP contribution in [0.15, 0.2) is 24.3 Å². The molecule has 19 heavy (non-hydrogen) atoms. The van der Waals surface area contributed by atoms with Gasteiger partial charge in [0.05, 0.1) is 0 Å². The molecule has 1 aliphatic carbocycles. The fraction of sp³-hybridized carbons (Fsp3) is 0.647. The molecule has 1 saturated carbocycles. The fourth-order valence-electron chi connectivity index (χ4n) is 3.17. The van der Waals surface area contributed by atoms with E-state index in [-0.39, 0.29) is 0 Å². The van der Waals surface area contributed by atoms with Gasteiger partial charge in [0.1, 0.15) is 0 Å². The van der Waals surface area contributed by atoms with Gasteiger partial charge in [-0.2, -0.15) is 0 Å². The van der Waals surface area contributed by atoms with E-state index < -0.39 is 0 Å². The molecule has 0 radical (unpaired) electrons. The van der Waals surface area contributed by atoms with Crippen LogP contribution in [0.1, 0.15) is 38.7 Å². The van der Waals surface area contributed by atoms with Crippen molar-refractivity contribution < 1.29 is 0 Å². The second-order valence-corrected chi connectivity index (χ2v) is 6.58. The van der Waals surface area contributed by atoms with Crippen molar-refractivity contribution >= 4 is 5.69 Å². The van der Waals surface area contributed by atoms with Crippen molar-refractivity contribution in [2.24, 2.45) is 11.8 Å². The number of nitrogens with one attached hydrogen (secondary N) is 1. The van der Waals surface area contributed by atoms with Gasteiger partial charge in [-0.3, -0.25) is 0 Å². The quantitative estimate of drug-likeness (QED) is 0.880. The number of anilines is 1. The molecule has 2 heteroatoms. The summed E-state index contributed by atoms with van der Waals surface area (Å²) < 4.78 is 0. The van der Waals surface area contributed by atoms with E-state index in [1.54, 1.807) is 0 Å². The molecule has 1 fully saturated rings. The van der Waals surface area contributed by atoms with Crippen LogP contribution in [-0.2, 0) is 6.54 Å². The standard InChI is InChI=1S/C17H28N2/c1-13-5-10-17(14(2)11-13)18-16-8-6-15(7-9-16)12-19(3)4/h6-9,13-14,17-18H,5,10-12H2,1-4H3. The molecule has 3 atom stereocenters. The average molecular weight is 260 g/mol. The highest BCUT2D eigenvalue weighted by molar-refractivity contribution is 5.45. The molecule has 0 spiro atoms. The van der Waals surface area contributed by atoms with E-state index in [0.717, 1.165) is 18.4 Å². The zero-order valence-electron chi connectivity index (χ0n) is 12.8. The van der Waals surface area contributed by atoms with Gasteiger partial charge >= 0.3 is 0 Å². The second-order valence-electron chi connectivity index (χ2n) is 6.58. The number of benzene rings is 1. The Kier molecular flexibility index (Phi) is 4.87. The molecule has 0 amide bonds. The second kappa shape index (κ2) is 6.42. The number of nitrogens with zero attached hydrogens (tertiary/aromatic N) is 1. The molecule has 0 bridgehead atoms. The number of rotatable bonds is 4. The minimum absolute atomic E-state index is 0.649. The molecule has 0 aromatic heterocycles. The summed E-state index contributed by atoms with van der Waals surface area (Å²) in [5, 5.41) is 3.72. The van der Waals surface area contributed by atoms with E-state index in [1.807, 2.05) is 0 Å². The first kappa shape index (κ1) is 14.4. The average Bonchev–Trinajstić information content (AvgIpc) is 2.34. The molecular weight excluding hydrogens is 232 g/mol. The van der Waals surface area contributed by atoms with Crippen LogP contribution >= 0.6 is 0 Å². The fourth-order valence-corrected chi connectivity index (χ4v) is 3.17. The normalized spacial score (nSPS) is 27.5. The third-order valence-corrected chi connectivity index (χ3v) is 4.24. The van der Waals surface area contributed by atoms with Gasteiger partial charge in [-0.05, 0) is 62.9 Å². The molecule has 3 unspecified atom stereocenters. The summed E-state index contributed by atoms with van der Waals surface area (Å²) in [6.45, 7) is 5.77. The van der Waals surface area contributed by atoms with E-state index in [4.69, 9.17) is 0 Å². The van der Waals surface area contributed by atoms with Crippen LogP contribution in [0.5, 0.6) is 0 Å². The Bertz CT molecular complexity index is 383. The van der Waals surface area contributed by atoms with Crippen LogP contribution < -0.4 is 5.32 Å². The SMILES string of the molecule is CC1CCC(Nc2ccc(CN(C)C)cc2)C(C)C1. The van der Waals surface area contributed by atoms with Crippen molar-refractivity contribution in [3.63, 3.8) is 0 Å². The van der Waals surface area contributed by atoms with Crippen molar-refractivity contribution in [1.82, 2.24) is 4.90 Å². The first-order valence-corrected chi connectivity index (χ1v) is 7.55. The first-order chi connectivity index (χ1) is 9.04. The summed E-state index contributed by atoms with van der Waals surface area (Å²) in [5.41, 5.74) is 2.65. The Morgan fingerprint density at radius 3 is 2.37 bits per heavy atom. The van der Waals surface area contributed by atoms with Crippen LogP contribution in [0.3, 0.4) is 0 Å². The summed E-state index contributed by atoms with van der Waals surface area (Å²) in [7, 11) is 4.22. The van der Waals surface area contributed by atoms with Crippen molar-refractivity contribution in [3.8, 4) is 0 Å². The lowest BCUT2D eigenvalue weighted by atomic mass is 9.80. The maximum Gasteiger partial charge on any atom is 0.0342 e. The zero-order chi connectivity index (χ0) is 13.8. The Morgan fingerprint density at radius 1 is 1.11 bits per heavy atom. The lowest BCUT2D eigenvalue weighted by molar-refractivity contribution is 0.276. The summed E-state index contributed by atoms with van der Waals surface area (Å²) in [6, 6.07) is 9.57. The lowest BCUT2D eigenvalue weighted by Gasteiger charge is -2.33. The van der Waals surface area contributed by atoms with Crippen molar-refractivity contribution in [3.05, 3.63) is 29.8 Å². The highest BCUT2D eigenvalue weighted by Crippen LogP contribution is 2.30. The van der Waals surface area contributed by atoms with Gasteiger partial charge in [-0.15, -0.1) is 0 Å². The van der Waals surface area contributed by atoms with E-state index in [0.29, 0.717) is 6.04 Å². The third kappa shape index (κ3) is 4.24. The predicted molar refractivity (Wildman–Crippen MR) is 83.4 cm³/mol. The van der Waals surface area contributed by atoms with Crippen LogP contribution in [0, 0.1) is 11.8 Å². The highest BCUT2D eigenvalue weighted by atomic mass is 15.0. The van der Waals surface area contributed by atoms with Gasteiger partial charge in [-0.1, -0.05) is 26.0 Å². The van der Waals surface area contributed by atoms with Gasteiger partial charge in [0, 0.05) is 18.3 Å². The van der Waals surface area contributed by atoms with E-state index in [1.165, 1.54) is 30.5 Å². The summed E-state index contributed by atoms with van der Waals surface area (Å²) >= 11 is 0. The smallest absolute Gasteiger partial charge is 0.0342 e. The van der Waals surface area contributed by atoms with Gasteiger partial charge in [0.25, 0.3) is 0 Å². The van der Waals surface area contributed by atoms with E-state index in [2.05, 4.69) is 62.4 Å². The molecule has 2 rings (SSSR count). The van der Waals surface area contributed by atoms with Crippen LogP contribution in [0.25, 0.3) is 0 Å². The molecule has 1 N–H and O–H groups in total. The Morgan fingerprint density at radius 2 is 1.79 bits per heavy atom. The van der Waals surface area contributed by atoms with Crippen molar-refractivity contribution in [1.29, 1.82) is 0 Å². The van der Waals surface area contributed by atoms with Crippen LogP contribution in [0.2, 0.25) is 0 Å². The molecule has 0 saturated heterocycles. The summed E-state index contributed by atoms with van der Waals surface area (Å²) in [4.78, 5) is 2.20. The van der Waals surface area contributed by atoms with Gasteiger partial charge < -0.3 is 10.2 Å². The topological polar surface area (TPSA) is 15.3 Å². The maximum absolute atomic E-state index is 3.72. The molecule has 0 aliphatic heterocycles. The number of hydrogen-bond acceptors (Lipinski definition) is 2. The van der Waals surface area contributed by atoms with E-state index >= 15 is 0 Å². The number of hydrogen-bond donors (Lipinski definition) is 1. The minimum Gasteiger partial charge on any atom is -0.382 e. The molecular formula is C17H28N2. The van der Waals surface area contributed by atoms with Gasteiger partial charge in [0.2, 0.25) is 0 Å². The third-order valence-electron chi connectivity index (χ3n) is 4.24. The van der Waals surface area contributed by atoms with Gasteiger partial charge in [-0.25, -0.2) is 0 Å². The van der Waals surface area contributed by atoms with E-state index in [9.17, 15) is 0 Å². The molecule has 2 nitrogen and oxygen atoms in total. The Hall–Kier alpha value is -1.02. The minimum atomic E-state index is 0.649. The monoisotopic (exact) mass is 260 g/mol. The molecule has 1 aromatic carbocycles. The molecule has 1 aliphatic rings. The first-order valence-electron chi connectivity index (χ1n) is 7.55.